The molecule has 2 aliphatic heterocycles. The van der Waals surface area contributed by atoms with E-state index >= 15 is 0 Å². The highest BCUT2D eigenvalue weighted by atomic mass is 79.9. The van der Waals surface area contributed by atoms with Gasteiger partial charge in [0.1, 0.15) is 0 Å². The van der Waals surface area contributed by atoms with Crippen LogP contribution in [-0.4, -0.2) is 41.9 Å². The van der Waals surface area contributed by atoms with Crippen molar-refractivity contribution < 1.29 is 14.4 Å². The van der Waals surface area contributed by atoms with Crippen LogP contribution in [0.5, 0.6) is 0 Å². The number of nitro groups is 1. The molecule has 2 saturated heterocycles. The van der Waals surface area contributed by atoms with Gasteiger partial charge in [0, 0.05) is 19.0 Å². The van der Waals surface area contributed by atoms with E-state index in [1.165, 1.54) is 0 Å². The van der Waals surface area contributed by atoms with Crippen molar-refractivity contribution in [1.29, 1.82) is 0 Å². The first-order valence-electron chi connectivity index (χ1n) is 7.01. The molecule has 0 bridgehead atoms. The molecule has 114 valence electrons. The van der Waals surface area contributed by atoms with E-state index in [9.17, 15) is 10.1 Å². The number of nitrogens with zero attached hydrogens (tertiary/aromatic N) is 2. The molecule has 1 spiro atoms. The van der Waals surface area contributed by atoms with Crippen molar-refractivity contribution in [2.75, 3.05) is 26.3 Å². The van der Waals surface area contributed by atoms with Gasteiger partial charge in [-0.05, 0) is 40.5 Å². The summed E-state index contributed by atoms with van der Waals surface area (Å²) in [6, 6.07) is 5.27. The quantitative estimate of drug-likeness (QED) is 0.615. The predicted molar refractivity (Wildman–Crippen MR) is 79.9 cm³/mol. The minimum Gasteiger partial charge on any atom is -0.346 e. The van der Waals surface area contributed by atoms with Gasteiger partial charge in [0.15, 0.2) is 5.79 Å². The molecule has 7 heteroatoms. The number of piperidine rings is 1. The molecule has 1 aromatic rings. The van der Waals surface area contributed by atoms with Crippen molar-refractivity contribution in [3.05, 3.63) is 38.3 Å². The Morgan fingerprint density at radius 1 is 1.38 bits per heavy atom. The van der Waals surface area contributed by atoms with Crippen molar-refractivity contribution >= 4 is 21.6 Å². The van der Waals surface area contributed by atoms with Crippen molar-refractivity contribution in [3.63, 3.8) is 0 Å². The summed E-state index contributed by atoms with van der Waals surface area (Å²) >= 11 is 3.21. The van der Waals surface area contributed by atoms with Crippen molar-refractivity contribution in [1.82, 2.24) is 4.90 Å². The number of likely N-dealkylation sites (tertiary alicyclic amines) is 1. The highest BCUT2D eigenvalue weighted by Crippen LogP contribution is 2.31. The predicted octanol–water partition coefficient (Wildman–Crippen LogP) is 2.70. The topological polar surface area (TPSA) is 64.8 Å². The van der Waals surface area contributed by atoms with Crippen LogP contribution in [0.15, 0.2) is 22.7 Å². The monoisotopic (exact) mass is 356 g/mol. The van der Waals surface area contributed by atoms with E-state index in [0.29, 0.717) is 24.2 Å². The van der Waals surface area contributed by atoms with Gasteiger partial charge in [-0.15, -0.1) is 0 Å². The molecular formula is C14H17BrN2O4. The Kier molecular flexibility index (Phi) is 4.26. The normalized spacial score (nSPS) is 21.8. The first-order valence-corrected chi connectivity index (χ1v) is 7.80. The summed E-state index contributed by atoms with van der Waals surface area (Å²) in [4.78, 5) is 12.9. The van der Waals surface area contributed by atoms with Gasteiger partial charge in [0.25, 0.3) is 5.69 Å². The third kappa shape index (κ3) is 3.26. The van der Waals surface area contributed by atoms with Crippen molar-refractivity contribution in [2.24, 2.45) is 0 Å². The Morgan fingerprint density at radius 2 is 2.14 bits per heavy atom. The van der Waals surface area contributed by atoms with Gasteiger partial charge < -0.3 is 9.47 Å². The van der Waals surface area contributed by atoms with Gasteiger partial charge in [0.2, 0.25) is 0 Å². The van der Waals surface area contributed by atoms with Crippen LogP contribution in [-0.2, 0) is 16.0 Å². The molecule has 0 N–H and O–H groups in total. The van der Waals surface area contributed by atoms with E-state index < -0.39 is 5.79 Å². The lowest BCUT2D eigenvalue weighted by atomic mass is 10.0. The Morgan fingerprint density at radius 3 is 2.86 bits per heavy atom. The van der Waals surface area contributed by atoms with E-state index in [0.717, 1.165) is 31.5 Å². The summed E-state index contributed by atoms with van der Waals surface area (Å²) in [6.07, 6.45) is 1.93. The number of rotatable bonds is 3. The average Bonchev–Trinajstić information content (AvgIpc) is 2.88. The van der Waals surface area contributed by atoms with Crippen LogP contribution in [0.2, 0.25) is 0 Å². The van der Waals surface area contributed by atoms with E-state index in [1.54, 1.807) is 12.1 Å². The summed E-state index contributed by atoms with van der Waals surface area (Å²) in [6.45, 7) is 3.65. The molecule has 0 unspecified atom stereocenters. The van der Waals surface area contributed by atoms with Gasteiger partial charge in [-0.25, -0.2) is 0 Å². The van der Waals surface area contributed by atoms with E-state index in [-0.39, 0.29) is 10.6 Å². The molecule has 2 fully saturated rings. The molecule has 21 heavy (non-hydrogen) atoms. The molecule has 0 amide bonds. The SMILES string of the molecule is O=[N+]([O-])c1cc(CN2CCCC3(C2)OCCO3)ccc1Br. The fraction of sp³-hybridized carbons (Fsp3) is 0.571. The summed E-state index contributed by atoms with van der Waals surface area (Å²) in [5, 5.41) is 11.0. The highest BCUT2D eigenvalue weighted by Gasteiger charge is 2.40. The zero-order chi connectivity index (χ0) is 14.9. The van der Waals surface area contributed by atoms with Crippen LogP contribution in [0.3, 0.4) is 0 Å². The molecule has 3 rings (SSSR count). The number of nitro benzene ring substituents is 1. The van der Waals surface area contributed by atoms with Gasteiger partial charge in [-0.2, -0.15) is 0 Å². The van der Waals surface area contributed by atoms with E-state index in [4.69, 9.17) is 9.47 Å². The fourth-order valence-corrected chi connectivity index (χ4v) is 3.38. The summed E-state index contributed by atoms with van der Waals surface area (Å²) in [5.41, 5.74) is 1.03. The number of hydrogen-bond donors (Lipinski definition) is 0. The molecule has 0 atom stereocenters. The third-order valence-electron chi connectivity index (χ3n) is 3.92. The maximum absolute atomic E-state index is 11.0. The summed E-state index contributed by atoms with van der Waals surface area (Å²) in [7, 11) is 0. The summed E-state index contributed by atoms with van der Waals surface area (Å²) < 4.78 is 12.0. The molecular weight excluding hydrogens is 340 g/mol. The Balaban J connectivity index is 1.71. The molecule has 0 aromatic heterocycles. The number of ether oxygens (including phenoxy) is 2. The van der Waals surface area contributed by atoms with Crippen LogP contribution in [0.25, 0.3) is 0 Å². The second-order valence-electron chi connectivity index (χ2n) is 5.46. The first-order chi connectivity index (χ1) is 10.1. The zero-order valence-electron chi connectivity index (χ0n) is 11.6. The second-order valence-corrected chi connectivity index (χ2v) is 6.32. The zero-order valence-corrected chi connectivity index (χ0v) is 13.2. The van der Waals surface area contributed by atoms with Crippen LogP contribution in [0.1, 0.15) is 18.4 Å². The largest absolute Gasteiger partial charge is 0.346 e. The molecule has 0 radical (unpaired) electrons. The highest BCUT2D eigenvalue weighted by molar-refractivity contribution is 9.10. The van der Waals surface area contributed by atoms with Gasteiger partial charge in [-0.1, -0.05) is 6.07 Å². The Labute approximate surface area is 131 Å². The van der Waals surface area contributed by atoms with E-state index in [1.807, 2.05) is 6.07 Å². The van der Waals surface area contributed by atoms with Crippen LogP contribution < -0.4 is 0 Å². The van der Waals surface area contributed by atoms with E-state index in [2.05, 4.69) is 20.8 Å². The molecule has 2 aliphatic rings. The number of halogens is 1. The lowest BCUT2D eigenvalue weighted by Crippen LogP contribution is -2.48. The van der Waals surface area contributed by atoms with Crippen molar-refractivity contribution in [2.45, 2.75) is 25.2 Å². The molecule has 0 aliphatic carbocycles. The van der Waals surface area contributed by atoms with Gasteiger partial charge >= 0.3 is 0 Å². The average molecular weight is 357 g/mol. The lowest BCUT2D eigenvalue weighted by Gasteiger charge is -2.38. The first kappa shape index (κ1) is 14.9. The van der Waals surface area contributed by atoms with Gasteiger partial charge in [0.05, 0.1) is 29.2 Å². The number of hydrogen-bond acceptors (Lipinski definition) is 5. The maximum atomic E-state index is 11.0. The fourth-order valence-electron chi connectivity index (χ4n) is 2.99. The second kappa shape index (κ2) is 6.00. The minimum atomic E-state index is -0.459. The smallest absolute Gasteiger partial charge is 0.283 e. The van der Waals surface area contributed by atoms with Crippen LogP contribution in [0, 0.1) is 10.1 Å². The van der Waals surface area contributed by atoms with Crippen LogP contribution >= 0.6 is 15.9 Å². The van der Waals surface area contributed by atoms with Crippen LogP contribution in [0.4, 0.5) is 5.69 Å². The standard InChI is InChI=1S/C14H17BrN2O4/c15-12-3-2-11(8-13(12)17(18)19)9-16-5-1-4-14(10-16)20-6-7-21-14/h2-3,8H,1,4-7,9-10H2. The lowest BCUT2D eigenvalue weighted by molar-refractivity contribution is -0.385. The molecule has 1 aromatic carbocycles. The molecule has 6 nitrogen and oxygen atoms in total. The van der Waals surface area contributed by atoms with Crippen molar-refractivity contribution in [3.8, 4) is 0 Å². The Bertz CT molecular complexity index is 546. The molecule has 2 heterocycles. The molecule has 0 saturated carbocycles. The Hall–Kier alpha value is -1.02. The summed E-state index contributed by atoms with van der Waals surface area (Å²) in [5.74, 6) is -0.459. The maximum Gasteiger partial charge on any atom is 0.283 e. The third-order valence-corrected chi connectivity index (χ3v) is 4.59. The van der Waals surface area contributed by atoms with Gasteiger partial charge in [-0.3, -0.25) is 15.0 Å². The minimum absolute atomic E-state index is 0.104. The number of benzene rings is 1.